The number of halogens is 3. The zero-order valence-electron chi connectivity index (χ0n) is 21.3. The number of amides is 3. The first kappa shape index (κ1) is 26.9. The second kappa shape index (κ2) is 10.8. The number of fused-ring (bicyclic) bond motifs is 1. The van der Waals surface area contributed by atoms with Gasteiger partial charge in [0, 0.05) is 36.1 Å². The Morgan fingerprint density at radius 1 is 0.927 bits per heavy atom. The number of rotatable bonds is 7. The van der Waals surface area contributed by atoms with Gasteiger partial charge in [-0.05, 0) is 43.3 Å². The molecule has 0 aliphatic rings. The van der Waals surface area contributed by atoms with Crippen LogP contribution in [0.5, 0.6) is 11.8 Å². The molecule has 0 atom stereocenters. The van der Waals surface area contributed by atoms with Crippen LogP contribution in [0.25, 0.3) is 11.0 Å². The van der Waals surface area contributed by atoms with Crippen molar-refractivity contribution in [2.75, 3.05) is 21.3 Å². The maximum Gasteiger partial charge on any atom is 0.420 e. The van der Waals surface area contributed by atoms with Crippen molar-refractivity contribution < 1.29 is 27.5 Å². The largest absolute Gasteiger partial charge is 0.424 e. The first-order valence-electron chi connectivity index (χ1n) is 11.9. The zero-order chi connectivity index (χ0) is 29.1. The van der Waals surface area contributed by atoms with Crippen molar-refractivity contribution in [3.63, 3.8) is 0 Å². The predicted octanol–water partition coefficient (Wildman–Crippen LogP) is 5.54. The molecule has 5 aromatic rings. The third-order valence-corrected chi connectivity index (χ3v) is 5.40. The maximum atomic E-state index is 14.0. The Labute approximate surface area is 229 Å². The van der Waals surface area contributed by atoms with Crippen LogP contribution in [0.3, 0.4) is 0 Å². The first-order chi connectivity index (χ1) is 19.5. The highest BCUT2D eigenvalue weighted by molar-refractivity contribution is 6.00. The molecule has 0 bridgehead atoms. The van der Waals surface area contributed by atoms with Gasteiger partial charge in [0.2, 0.25) is 5.91 Å². The quantitative estimate of drug-likeness (QED) is 0.149. The molecule has 2 aromatic carbocycles. The zero-order valence-corrected chi connectivity index (χ0v) is 21.3. The van der Waals surface area contributed by atoms with E-state index in [0.717, 1.165) is 12.1 Å². The van der Waals surface area contributed by atoms with Gasteiger partial charge < -0.3 is 31.0 Å². The molecule has 41 heavy (non-hydrogen) atoms. The number of anilines is 5. The van der Waals surface area contributed by atoms with Crippen LogP contribution in [0, 0.1) is 6.92 Å². The lowest BCUT2D eigenvalue weighted by Crippen LogP contribution is -2.20. The standard InChI is InChI=1S/C25H21F3N10O3/c1-12-7-20(35-22-10-21(37-38-22)32-13(2)39)36-24(31-12)41-19-6-4-14(8-16(19)25(26,27)28)33-23(40)34-15-3-5-17-18(9-15)30-11-29-17/h3-11H,1-2H3,(H,29,30)(H2,33,34,40)(H3,31,32,35,36,37,38,39). The SMILES string of the molecule is CC(=O)Nc1cc(Nc2cc(C)nc(Oc3ccc(NC(=O)Nc4ccc5nc[nH]c5c4)cc3C(F)(F)F)n2)[nH]n1. The molecule has 13 nitrogen and oxygen atoms in total. The van der Waals surface area contributed by atoms with Crippen molar-refractivity contribution in [3.8, 4) is 11.8 Å². The van der Waals surface area contributed by atoms with E-state index in [2.05, 4.69) is 51.4 Å². The molecule has 3 aromatic heterocycles. The average molecular weight is 567 g/mol. The summed E-state index contributed by atoms with van der Waals surface area (Å²) in [6.45, 7) is 2.94. The lowest BCUT2D eigenvalue weighted by atomic mass is 10.1. The minimum atomic E-state index is -4.82. The van der Waals surface area contributed by atoms with Crippen molar-refractivity contribution in [2.45, 2.75) is 20.0 Å². The van der Waals surface area contributed by atoms with E-state index >= 15 is 0 Å². The highest BCUT2D eigenvalue weighted by Gasteiger charge is 2.35. The van der Waals surface area contributed by atoms with Gasteiger partial charge in [-0.15, -0.1) is 0 Å². The molecule has 3 amide bonds. The van der Waals surface area contributed by atoms with Crippen molar-refractivity contribution in [2.24, 2.45) is 0 Å². The number of benzene rings is 2. The Morgan fingerprint density at radius 2 is 1.68 bits per heavy atom. The van der Waals surface area contributed by atoms with Gasteiger partial charge >= 0.3 is 18.2 Å². The number of ether oxygens (including phenoxy) is 1. The molecule has 0 fully saturated rings. The molecule has 16 heteroatoms. The number of hydrogen-bond donors (Lipinski definition) is 6. The number of aryl methyl sites for hydroxylation is 1. The van der Waals surface area contributed by atoms with E-state index in [1.54, 1.807) is 25.1 Å². The molecule has 3 heterocycles. The van der Waals surface area contributed by atoms with Crippen LogP contribution in [-0.4, -0.2) is 42.1 Å². The van der Waals surface area contributed by atoms with Gasteiger partial charge in [-0.1, -0.05) is 0 Å². The third-order valence-electron chi connectivity index (χ3n) is 5.40. The van der Waals surface area contributed by atoms with Crippen LogP contribution in [0.1, 0.15) is 18.2 Å². The summed E-state index contributed by atoms with van der Waals surface area (Å²) in [5.74, 6) is -0.0714. The van der Waals surface area contributed by atoms with E-state index < -0.39 is 23.5 Å². The van der Waals surface area contributed by atoms with Crippen LogP contribution in [-0.2, 0) is 11.0 Å². The molecular weight excluding hydrogens is 545 g/mol. The van der Waals surface area contributed by atoms with Crippen LogP contribution < -0.4 is 26.0 Å². The number of nitrogens with zero attached hydrogens (tertiary/aromatic N) is 4. The molecular formula is C25H21F3N10O3. The predicted molar refractivity (Wildman–Crippen MR) is 143 cm³/mol. The van der Waals surface area contributed by atoms with Gasteiger partial charge in [-0.25, -0.2) is 14.8 Å². The summed E-state index contributed by atoms with van der Waals surface area (Å²) in [6, 6.07) is 9.92. The van der Waals surface area contributed by atoms with Crippen molar-refractivity contribution in [3.05, 3.63) is 66.1 Å². The fourth-order valence-electron chi connectivity index (χ4n) is 3.74. The lowest BCUT2D eigenvalue weighted by Gasteiger charge is -2.15. The summed E-state index contributed by atoms with van der Waals surface area (Å²) in [6.07, 6.45) is -3.32. The van der Waals surface area contributed by atoms with Gasteiger partial charge in [0.05, 0.1) is 17.4 Å². The van der Waals surface area contributed by atoms with Gasteiger partial charge in [0.15, 0.2) is 5.82 Å². The van der Waals surface area contributed by atoms with E-state index in [4.69, 9.17) is 4.74 Å². The van der Waals surface area contributed by atoms with Crippen LogP contribution >= 0.6 is 0 Å². The molecule has 0 radical (unpaired) electrons. The van der Waals surface area contributed by atoms with Gasteiger partial charge in [0.1, 0.15) is 22.9 Å². The summed E-state index contributed by atoms with van der Waals surface area (Å²) in [7, 11) is 0. The van der Waals surface area contributed by atoms with E-state index in [-0.39, 0.29) is 29.2 Å². The molecule has 0 unspecified atom stereocenters. The smallest absolute Gasteiger partial charge is 0.420 e. The number of imidazole rings is 1. The first-order valence-corrected chi connectivity index (χ1v) is 11.9. The summed E-state index contributed by atoms with van der Waals surface area (Å²) in [5.41, 5.74) is 0.918. The molecule has 0 saturated heterocycles. The summed E-state index contributed by atoms with van der Waals surface area (Å²) >= 11 is 0. The van der Waals surface area contributed by atoms with Crippen LogP contribution in [0.15, 0.2) is 54.9 Å². The molecule has 0 spiro atoms. The van der Waals surface area contributed by atoms with Gasteiger partial charge in [0.25, 0.3) is 0 Å². The van der Waals surface area contributed by atoms with Crippen molar-refractivity contribution >= 4 is 51.8 Å². The number of alkyl halides is 3. The number of urea groups is 1. The second-order valence-electron chi connectivity index (χ2n) is 8.67. The number of carbonyl (C=O) groups excluding carboxylic acids is 2. The summed E-state index contributed by atoms with van der Waals surface area (Å²) in [5, 5.41) is 16.9. The molecule has 5 rings (SSSR count). The maximum absolute atomic E-state index is 14.0. The molecule has 0 saturated carbocycles. The Kier molecular flexibility index (Phi) is 7.11. The van der Waals surface area contributed by atoms with Gasteiger partial charge in [-0.3, -0.25) is 9.89 Å². The minimum absolute atomic E-state index is 0.119. The minimum Gasteiger partial charge on any atom is -0.424 e. The Bertz CT molecular complexity index is 1750. The highest BCUT2D eigenvalue weighted by Crippen LogP contribution is 2.39. The van der Waals surface area contributed by atoms with E-state index in [9.17, 15) is 22.8 Å². The Morgan fingerprint density at radius 3 is 2.44 bits per heavy atom. The fraction of sp³-hybridized carbons (Fsp3) is 0.120. The molecule has 210 valence electrons. The topological polar surface area (TPSA) is 175 Å². The Balaban J connectivity index is 1.32. The number of aromatic nitrogens is 6. The molecule has 6 N–H and O–H groups in total. The fourth-order valence-corrected chi connectivity index (χ4v) is 3.74. The summed E-state index contributed by atoms with van der Waals surface area (Å²) in [4.78, 5) is 38.8. The Hall–Kier alpha value is -5.67. The number of hydrogen-bond acceptors (Lipinski definition) is 8. The average Bonchev–Trinajstić information content (AvgIpc) is 3.52. The van der Waals surface area contributed by atoms with Crippen LogP contribution in [0.2, 0.25) is 0 Å². The van der Waals surface area contributed by atoms with E-state index in [0.29, 0.717) is 28.2 Å². The monoisotopic (exact) mass is 566 g/mol. The normalized spacial score (nSPS) is 11.2. The third kappa shape index (κ3) is 6.67. The van der Waals surface area contributed by atoms with E-state index in [1.807, 2.05) is 0 Å². The lowest BCUT2D eigenvalue weighted by molar-refractivity contribution is -0.138. The van der Waals surface area contributed by atoms with E-state index in [1.165, 1.54) is 31.5 Å². The second-order valence-corrected chi connectivity index (χ2v) is 8.67. The molecule has 0 aliphatic carbocycles. The van der Waals surface area contributed by atoms with Crippen LogP contribution in [0.4, 0.5) is 46.8 Å². The number of carbonyl (C=O) groups is 2. The number of aromatic amines is 2. The van der Waals surface area contributed by atoms with Gasteiger partial charge in [-0.2, -0.15) is 23.3 Å². The number of nitrogens with one attached hydrogen (secondary N) is 6. The molecule has 0 aliphatic heterocycles. The van der Waals surface area contributed by atoms with Crippen molar-refractivity contribution in [1.29, 1.82) is 0 Å². The summed E-state index contributed by atoms with van der Waals surface area (Å²) < 4.78 is 47.3. The van der Waals surface area contributed by atoms with Crippen molar-refractivity contribution in [1.82, 2.24) is 30.1 Å². The highest BCUT2D eigenvalue weighted by atomic mass is 19.4. The number of H-pyrrole nitrogens is 2.